The molecule has 0 aromatic heterocycles. The second kappa shape index (κ2) is 32.7. The zero-order valence-electron chi connectivity index (χ0n) is 48.8. The van der Waals surface area contributed by atoms with Gasteiger partial charge in [-0.05, 0) is 153 Å². The van der Waals surface area contributed by atoms with Gasteiger partial charge in [-0.15, -0.1) is 0 Å². The molecule has 16 nitrogen and oxygen atoms in total. The fourth-order valence-electron chi connectivity index (χ4n) is 10.5. The summed E-state index contributed by atoms with van der Waals surface area (Å²) in [5.41, 5.74) is 11.4. The highest BCUT2D eigenvalue weighted by Gasteiger charge is 2.30. The van der Waals surface area contributed by atoms with E-state index in [1.54, 1.807) is 0 Å². The van der Waals surface area contributed by atoms with Crippen molar-refractivity contribution in [1.82, 2.24) is 0 Å². The van der Waals surface area contributed by atoms with E-state index in [0.29, 0.717) is 46.0 Å². The maximum absolute atomic E-state index is 10.2. The molecule has 0 atom stereocenters. The molecule has 0 radical (unpaired) electrons. The Morgan fingerprint density at radius 3 is 0.580 bits per heavy atom. The van der Waals surface area contributed by atoms with Gasteiger partial charge in [-0.2, -0.15) is 0 Å². The van der Waals surface area contributed by atoms with E-state index >= 15 is 0 Å². The minimum atomic E-state index is -0.652. The van der Waals surface area contributed by atoms with Gasteiger partial charge in [-0.25, -0.2) is 0 Å². The molecular formula is C72H74O16. The van der Waals surface area contributed by atoms with Crippen LogP contribution < -0.4 is 37.9 Å². The van der Waals surface area contributed by atoms with Crippen LogP contribution in [-0.2, 0) is 0 Å². The van der Waals surface area contributed by atoms with Crippen LogP contribution in [0.15, 0.2) is 194 Å². The molecule has 0 aliphatic rings. The van der Waals surface area contributed by atoms with Crippen molar-refractivity contribution in [1.29, 1.82) is 0 Å². The summed E-state index contributed by atoms with van der Waals surface area (Å²) >= 11 is 0. The molecule has 0 spiro atoms. The number of ether oxygens (including phenoxy) is 8. The number of hydrogen-bond acceptors (Lipinski definition) is 16. The molecule has 458 valence electrons. The van der Waals surface area contributed by atoms with E-state index in [4.69, 9.17) is 37.9 Å². The molecule has 0 unspecified atom stereocenters. The quantitative estimate of drug-likeness (QED) is 0.0175. The fourth-order valence-corrected chi connectivity index (χ4v) is 10.5. The van der Waals surface area contributed by atoms with Crippen molar-refractivity contribution in [3.8, 4) is 90.5 Å². The van der Waals surface area contributed by atoms with E-state index in [0.717, 1.165) is 77.9 Å². The van der Waals surface area contributed by atoms with Crippen molar-refractivity contribution in [3.63, 3.8) is 0 Å². The SMILES string of the molecule is OCCOc1ccc(-c2ccc(OCCO)c(C(c3ccc(C(c4cc(-c5ccc(OCCO)cc5)ccc4OCCO)c4cc(-c5ccc(OCCO)cc5)ccc4OCCO)cc3)c3cc(-c4ccc(OCCO)cc4)ccc3OCCO)c2)cc1. The zero-order chi connectivity index (χ0) is 61.5. The largest absolute Gasteiger partial charge is 0.491 e. The van der Waals surface area contributed by atoms with Crippen molar-refractivity contribution < 1.29 is 78.7 Å². The van der Waals surface area contributed by atoms with Crippen molar-refractivity contribution in [3.05, 3.63) is 228 Å². The average Bonchev–Trinajstić information content (AvgIpc) is 1.83. The van der Waals surface area contributed by atoms with Gasteiger partial charge in [0, 0.05) is 34.1 Å². The Hall–Kier alpha value is -8.94. The lowest BCUT2D eigenvalue weighted by Gasteiger charge is -2.27. The lowest BCUT2D eigenvalue weighted by molar-refractivity contribution is 0.198. The molecule has 0 heterocycles. The van der Waals surface area contributed by atoms with Gasteiger partial charge < -0.3 is 78.7 Å². The van der Waals surface area contributed by atoms with E-state index < -0.39 is 11.8 Å². The molecule has 0 aliphatic heterocycles. The smallest absolute Gasteiger partial charge is 0.123 e. The van der Waals surface area contributed by atoms with E-state index in [1.165, 1.54) is 0 Å². The molecule has 0 bridgehead atoms. The predicted molar refractivity (Wildman–Crippen MR) is 336 cm³/mol. The first-order valence-corrected chi connectivity index (χ1v) is 29.3. The Morgan fingerprint density at radius 1 is 0.205 bits per heavy atom. The molecule has 88 heavy (non-hydrogen) atoms. The van der Waals surface area contributed by atoms with Gasteiger partial charge in [0.05, 0.1) is 52.9 Å². The maximum Gasteiger partial charge on any atom is 0.123 e. The first-order valence-electron chi connectivity index (χ1n) is 29.3. The van der Waals surface area contributed by atoms with Crippen LogP contribution in [0.4, 0.5) is 0 Å². The Kier molecular flexibility index (Phi) is 23.6. The van der Waals surface area contributed by atoms with Gasteiger partial charge in [0.25, 0.3) is 0 Å². The van der Waals surface area contributed by atoms with Crippen LogP contribution in [0.1, 0.15) is 45.2 Å². The summed E-state index contributed by atoms with van der Waals surface area (Å²) in [6.07, 6.45) is 0. The van der Waals surface area contributed by atoms with E-state index in [1.807, 2.05) is 146 Å². The fraction of sp³-hybridized carbons (Fsp3) is 0.250. The molecule has 0 saturated carbocycles. The van der Waals surface area contributed by atoms with Gasteiger partial charge in [-0.3, -0.25) is 0 Å². The van der Waals surface area contributed by atoms with Crippen molar-refractivity contribution in [2.75, 3.05) is 106 Å². The monoisotopic (exact) mass is 1190 g/mol. The molecule has 0 aliphatic carbocycles. The van der Waals surface area contributed by atoms with Crippen LogP contribution in [-0.4, -0.2) is 147 Å². The standard InChI is InChI=1S/C72H74O16/c73-29-37-81-59-17-5-49(6-18-59)55-13-25-67(85-41-33-77)63(45-55)71(64-46-56(14-26-68(64)86-42-34-78)50-7-19-60(20-8-50)82-38-30-74)53-1-2-54(4-3-53)72(65-47-57(15-27-69(65)87-43-35-79)51-9-21-61(22-10-51)83-39-31-75)66-48-58(16-28-70(66)88-44-36-80)52-11-23-62(24-12-52)84-40-32-76/h1-28,45-48,71-80H,29-44H2. The summed E-state index contributed by atoms with van der Waals surface area (Å²) in [7, 11) is 0. The summed E-state index contributed by atoms with van der Waals surface area (Å²) in [5, 5.41) is 78.8. The van der Waals surface area contributed by atoms with Crippen LogP contribution in [0.5, 0.6) is 46.0 Å². The van der Waals surface area contributed by atoms with E-state index in [2.05, 4.69) is 48.5 Å². The molecular weight excluding hydrogens is 1120 g/mol. The molecule has 16 heteroatoms. The Labute approximate surface area is 512 Å². The van der Waals surface area contributed by atoms with Crippen LogP contribution in [0.25, 0.3) is 44.5 Å². The van der Waals surface area contributed by atoms with Crippen molar-refractivity contribution in [2.24, 2.45) is 0 Å². The minimum Gasteiger partial charge on any atom is -0.491 e. The first kappa shape index (κ1) is 63.6. The van der Waals surface area contributed by atoms with Crippen molar-refractivity contribution in [2.45, 2.75) is 11.8 Å². The Bertz CT molecular complexity index is 3120. The van der Waals surface area contributed by atoms with Crippen LogP contribution in [0.3, 0.4) is 0 Å². The van der Waals surface area contributed by atoms with E-state index in [-0.39, 0.29) is 106 Å². The highest BCUT2D eigenvalue weighted by Crippen LogP contribution is 2.48. The third kappa shape index (κ3) is 16.4. The molecule has 0 fully saturated rings. The first-order chi connectivity index (χ1) is 43.3. The number of benzene rings is 9. The summed E-state index contributed by atoms with van der Waals surface area (Å²) in [6, 6.07) is 62.3. The van der Waals surface area contributed by atoms with Crippen molar-refractivity contribution >= 4 is 0 Å². The molecule has 9 aromatic carbocycles. The van der Waals surface area contributed by atoms with Gasteiger partial charge in [-0.1, -0.05) is 97.1 Å². The Balaban J connectivity index is 1.28. The second-order valence-corrected chi connectivity index (χ2v) is 20.2. The normalized spacial score (nSPS) is 11.2. The summed E-state index contributed by atoms with van der Waals surface area (Å²) < 4.78 is 48.7. The van der Waals surface area contributed by atoms with Gasteiger partial charge >= 0.3 is 0 Å². The third-order valence-electron chi connectivity index (χ3n) is 14.5. The van der Waals surface area contributed by atoms with Gasteiger partial charge in [0.2, 0.25) is 0 Å². The topological polar surface area (TPSA) is 236 Å². The molecule has 9 rings (SSSR count). The Morgan fingerprint density at radius 2 is 0.386 bits per heavy atom. The van der Waals surface area contributed by atoms with Crippen LogP contribution in [0, 0.1) is 0 Å². The number of aliphatic hydroxyl groups excluding tert-OH is 8. The predicted octanol–water partition coefficient (Wildman–Crippen LogP) is 9.68. The summed E-state index contributed by atoms with van der Waals surface area (Å²) in [4.78, 5) is 0. The average molecular weight is 1200 g/mol. The van der Waals surface area contributed by atoms with Gasteiger partial charge in [0.15, 0.2) is 0 Å². The highest BCUT2D eigenvalue weighted by molar-refractivity contribution is 5.74. The number of aliphatic hydroxyl groups is 8. The van der Waals surface area contributed by atoms with Crippen LogP contribution >= 0.6 is 0 Å². The zero-order valence-corrected chi connectivity index (χ0v) is 48.8. The molecule has 0 saturated heterocycles. The summed E-state index contributed by atoms with van der Waals surface area (Å²) in [5.74, 6) is 3.11. The maximum atomic E-state index is 10.2. The highest BCUT2D eigenvalue weighted by atomic mass is 16.5. The molecule has 9 aromatic rings. The molecule has 0 amide bonds. The van der Waals surface area contributed by atoms with Crippen LogP contribution in [0.2, 0.25) is 0 Å². The third-order valence-corrected chi connectivity index (χ3v) is 14.5. The number of rotatable bonds is 34. The lowest BCUT2D eigenvalue weighted by Crippen LogP contribution is -2.13. The lowest BCUT2D eigenvalue weighted by atomic mass is 9.79. The number of hydrogen-bond donors (Lipinski definition) is 8. The second-order valence-electron chi connectivity index (χ2n) is 20.2. The van der Waals surface area contributed by atoms with Gasteiger partial charge in [0.1, 0.15) is 98.9 Å². The van der Waals surface area contributed by atoms with E-state index in [9.17, 15) is 40.9 Å². The summed E-state index contributed by atoms with van der Waals surface area (Å²) in [6.45, 7) is -0.923. The minimum absolute atomic E-state index is 0.00203. The molecule has 8 N–H and O–H groups in total.